The van der Waals surface area contributed by atoms with Gasteiger partial charge in [0.25, 0.3) is 0 Å². The Morgan fingerprint density at radius 1 is 0.426 bits per heavy atom. The summed E-state index contributed by atoms with van der Waals surface area (Å²) in [6.07, 6.45) is 6.41. The quantitative estimate of drug-likeness (QED) is 0.159. The second-order valence-electron chi connectivity index (χ2n) is 14.7. The maximum Gasteiger partial charge on any atom is 0.0574 e. The molecule has 1 saturated carbocycles. The minimum atomic E-state index is 0.541. The van der Waals surface area contributed by atoms with Gasteiger partial charge in [-0.2, -0.15) is 0 Å². The first-order valence-electron chi connectivity index (χ1n) is 19.4. The van der Waals surface area contributed by atoms with Gasteiger partial charge in [-0.25, -0.2) is 0 Å². The van der Waals surface area contributed by atoms with Gasteiger partial charge < -0.3 is 4.90 Å². The molecule has 260 valence electrons. The maximum absolute atomic E-state index is 2.57. The van der Waals surface area contributed by atoms with E-state index in [-0.39, 0.29) is 0 Å². The molecule has 9 aromatic rings. The van der Waals surface area contributed by atoms with E-state index in [9.17, 15) is 0 Å². The molecule has 0 atom stereocenters. The summed E-state index contributed by atoms with van der Waals surface area (Å²) in [4.78, 5) is 2.57. The van der Waals surface area contributed by atoms with Crippen molar-refractivity contribution >= 4 is 59.3 Å². The molecule has 0 spiro atoms. The topological polar surface area (TPSA) is 3.24 Å². The molecule has 0 amide bonds. The zero-order valence-corrected chi connectivity index (χ0v) is 31.1. The van der Waals surface area contributed by atoms with Gasteiger partial charge in [0, 0.05) is 36.9 Å². The zero-order chi connectivity index (χ0) is 35.8. The average molecular weight is 712 g/mol. The van der Waals surface area contributed by atoms with Crippen molar-refractivity contribution in [2.24, 2.45) is 0 Å². The van der Waals surface area contributed by atoms with Gasteiger partial charge in [0.1, 0.15) is 0 Å². The molecule has 1 aliphatic carbocycles. The van der Waals surface area contributed by atoms with E-state index in [1.165, 1.54) is 119 Å². The second-order valence-corrected chi connectivity index (χ2v) is 15.8. The maximum atomic E-state index is 2.57. The van der Waals surface area contributed by atoms with E-state index >= 15 is 0 Å². The van der Waals surface area contributed by atoms with Crippen molar-refractivity contribution in [2.75, 3.05) is 4.90 Å². The van der Waals surface area contributed by atoms with Crippen LogP contribution in [0.15, 0.2) is 182 Å². The summed E-state index contributed by atoms with van der Waals surface area (Å²) in [5, 5.41) is 5.24. The molecule has 0 saturated heterocycles. The van der Waals surface area contributed by atoms with Crippen molar-refractivity contribution in [2.45, 2.75) is 38.0 Å². The summed E-state index contributed by atoms with van der Waals surface area (Å²) in [5.41, 5.74) is 12.6. The van der Waals surface area contributed by atoms with Crippen LogP contribution in [0, 0.1) is 0 Å². The lowest BCUT2D eigenvalue weighted by Crippen LogP contribution is -2.15. The molecule has 10 rings (SSSR count). The van der Waals surface area contributed by atoms with Gasteiger partial charge in [0.2, 0.25) is 0 Å². The Kier molecular flexibility index (Phi) is 8.54. The second kappa shape index (κ2) is 14.1. The predicted molar refractivity (Wildman–Crippen MR) is 234 cm³/mol. The third kappa shape index (κ3) is 5.88. The lowest BCUT2D eigenvalue weighted by atomic mass is 9.82. The minimum Gasteiger partial charge on any atom is -0.310 e. The summed E-state index contributed by atoms with van der Waals surface area (Å²) in [5.74, 6) is 0.541. The largest absolute Gasteiger partial charge is 0.310 e. The van der Waals surface area contributed by atoms with Crippen LogP contribution in [0.4, 0.5) is 17.1 Å². The van der Waals surface area contributed by atoms with E-state index in [2.05, 4.69) is 187 Å². The smallest absolute Gasteiger partial charge is 0.0574 e. The Hall–Kier alpha value is -5.96. The van der Waals surface area contributed by atoms with Crippen LogP contribution in [0.2, 0.25) is 0 Å². The molecule has 1 aromatic heterocycles. The first-order chi connectivity index (χ1) is 26.8. The molecule has 54 heavy (non-hydrogen) atoms. The van der Waals surface area contributed by atoms with E-state index in [1.807, 2.05) is 11.3 Å². The van der Waals surface area contributed by atoms with Crippen molar-refractivity contribution in [3.63, 3.8) is 0 Å². The highest BCUT2D eigenvalue weighted by atomic mass is 32.1. The third-order valence-corrected chi connectivity index (χ3v) is 12.6. The minimum absolute atomic E-state index is 0.541. The standard InChI is InChI=1S/C52H41NS/c1-4-15-36(16-5-1)43-24-14-25-44(37-17-6-2-7-18-37)51(43)40-27-30-41(31-28-40)53(42-32-34-48-47-23-12-13-26-49(47)54-50(48)35-42)52-45-22-11-10-21-39(45)29-33-46(52)38-19-8-3-9-20-38/h1-2,4-7,10-18,21-35,38H,3,8-9,19-20H2. The van der Waals surface area contributed by atoms with Crippen LogP contribution in [-0.4, -0.2) is 0 Å². The van der Waals surface area contributed by atoms with Crippen molar-refractivity contribution in [1.29, 1.82) is 0 Å². The van der Waals surface area contributed by atoms with Gasteiger partial charge in [-0.3, -0.25) is 0 Å². The molecule has 2 heteroatoms. The molecular weight excluding hydrogens is 671 g/mol. The van der Waals surface area contributed by atoms with Crippen molar-refractivity contribution in [3.05, 3.63) is 188 Å². The highest BCUT2D eigenvalue weighted by molar-refractivity contribution is 7.25. The molecule has 0 aliphatic heterocycles. The number of nitrogens with zero attached hydrogens (tertiary/aromatic N) is 1. The Bertz CT molecular complexity index is 2680. The number of fused-ring (bicyclic) bond motifs is 4. The summed E-state index contributed by atoms with van der Waals surface area (Å²) >= 11 is 1.89. The summed E-state index contributed by atoms with van der Waals surface area (Å²) in [7, 11) is 0. The molecule has 8 aromatic carbocycles. The van der Waals surface area contributed by atoms with E-state index in [0.717, 1.165) is 0 Å². The SMILES string of the molecule is c1ccc(-c2cccc(-c3ccccc3)c2-c2ccc(N(c3ccc4c(c3)sc3ccccc34)c3c(C4CCCCC4)ccc4ccccc34)cc2)cc1. The molecule has 0 N–H and O–H groups in total. The summed E-state index contributed by atoms with van der Waals surface area (Å²) in [6, 6.07) is 67.5. The van der Waals surface area contributed by atoms with Crippen molar-refractivity contribution < 1.29 is 0 Å². The van der Waals surface area contributed by atoms with Gasteiger partial charge in [-0.05, 0) is 93.4 Å². The van der Waals surface area contributed by atoms with Crippen LogP contribution in [0.3, 0.4) is 0 Å². The van der Waals surface area contributed by atoms with E-state index in [4.69, 9.17) is 0 Å². The Balaban J connectivity index is 1.19. The zero-order valence-electron chi connectivity index (χ0n) is 30.3. The van der Waals surface area contributed by atoms with Gasteiger partial charge in [-0.15, -0.1) is 11.3 Å². The highest BCUT2D eigenvalue weighted by Crippen LogP contribution is 2.49. The molecule has 0 bridgehead atoms. The third-order valence-electron chi connectivity index (χ3n) is 11.5. The number of hydrogen-bond acceptors (Lipinski definition) is 2. The van der Waals surface area contributed by atoms with Crippen LogP contribution in [0.25, 0.3) is 64.3 Å². The number of rotatable bonds is 7. The first-order valence-corrected chi connectivity index (χ1v) is 20.2. The van der Waals surface area contributed by atoms with Crippen LogP contribution in [-0.2, 0) is 0 Å². The van der Waals surface area contributed by atoms with Crippen molar-refractivity contribution in [1.82, 2.24) is 0 Å². The first kappa shape index (κ1) is 32.7. The molecule has 1 heterocycles. The summed E-state index contributed by atoms with van der Waals surface area (Å²) < 4.78 is 2.65. The Morgan fingerprint density at radius 2 is 1.04 bits per heavy atom. The van der Waals surface area contributed by atoms with E-state index in [1.54, 1.807) is 0 Å². The molecule has 1 nitrogen and oxygen atoms in total. The normalized spacial score (nSPS) is 13.5. The van der Waals surface area contributed by atoms with E-state index < -0.39 is 0 Å². The fourth-order valence-corrected chi connectivity index (χ4v) is 10.0. The molecular formula is C52H41NS. The van der Waals surface area contributed by atoms with Crippen LogP contribution in [0.5, 0.6) is 0 Å². The van der Waals surface area contributed by atoms with Crippen LogP contribution in [0.1, 0.15) is 43.6 Å². The molecule has 1 aliphatic rings. The molecule has 0 unspecified atom stereocenters. The van der Waals surface area contributed by atoms with Gasteiger partial charge in [-0.1, -0.05) is 171 Å². The Morgan fingerprint density at radius 3 is 1.76 bits per heavy atom. The fraction of sp³-hybridized carbons (Fsp3) is 0.115. The summed E-state index contributed by atoms with van der Waals surface area (Å²) in [6.45, 7) is 0. The molecule has 1 fully saturated rings. The van der Waals surface area contributed by atoms with Gasteiger partial charge >= 0.3 is 0 Å². The van der Waals surface area contributed by atoms with Gasteiger partial charge in [0.05, 0.1) is 5.69 Å². The number of thiophene rings is 1. The van der Waals surface area contributed by atoms with Crippen LogP contribution >= 0.6 is 11.3 Å². The lowest BCUT2D eigenvalue weighted by molar-refractivity contribution is 0.444. The lowest BCUT2D eigenvalue weighted by Gasteiger charge is -2.33. The predicted octanol–water partition coefficient (Wildman–Crippen LogP) is 15.7. The number of benzene rings is 8. The number of hydrogen-bond donors (Lipinski definition) is 0. The van der Waals surface area contributed by atoms with Gasteiger partial charge in [0.15, 0.2) is 0 Å². The van der Waals surface area contributed by atoms with E-state index in [0.29, 0.717) is 5.92 Å². The number of anilines is 3. The average Bonchev–Trinajstić information content (AvgIpc) is 3.63. The molecule has 0 radical (unpaired) electrons. The fourth-order valence-electron chi connectivity index (χ4n) is 8.88. The Labute approximate surface area is 321 Å². The van der Waals surface area contributed by atoms with Crippen LogP contribution < -0.4 is 4.90 Å². The highest BCUT2D eigenvalue weighted by Gasteiger charge is 2.26. The van der Waals surface area contributed by atoms with Crippen molar-refractivity contribution in [3.8, 4) is 33.4 Å². The monoisotopic (exact) mass is 711 g/mol.